The maximum absolute atomic E-state index is 9.50. The molecule has 0 saturated carbocycles. The number of thiocarbonyl (C=S) groups is 1. The van der Waals surface area contributed by atoms with Gasteiger partial charge in [0.25, 0.3) is 0 Å². The number of rotatable bonds is 2. The van der Waals surface area contributed by atoms with E-state index < -0.39 is 5.75 Å². The first kappa shape index (κ1) is 15.2. The molecule has 1 fully saturated rings. The maximum atomic E-state index is 9.50. The van der Waals surface area contributed by atoms with Gasteiger partial charge < -0.3 is 20.2 Å². The molecular formula is C13H18N2O3S2. The fraction of sp³-hybridized carbons (Fsp3) is 0.462. The highest BCUT2D eigenvalue weighted by Crippen LogP contribution is 2.35. The second kappa shape index (κ2) is 6.51. The van der Waals surface area contributed by atoms with E-state index >= 15 is 0 Å². The molecule has 0 aromatic heterocycles. The Kier molecular flexibility index (Phi) is 4.95. The molecule has 0 bridgehead atoms. The summed E-state index contributed by atoms with van der Waals surface area (Å²) in [6.07, 6.45) is 1.98. The Labute approximate surface area is 127 Å². The Hall–Kier alpha value is -1.18. The van der Waals surface area contributed by atoms with Crippen molar-refractivity contribution >= 4 is 28.3 Å². The van der Waals surface area contributed by atoms with Gasteiger partial charge in [0.1, 0.15) is 4.32 Å². The zero-order chi connectivity index (χ0) is 14.7. The first-order chi connectivity index (χ1) is 9.51. The Morgan fingerprint density at radius 2 is 1.70 bits per heavy atom. The molecule has 1 aromatic carbocycles. The number of phenolic OH excluding ortho intramolecular Hbond substituents is 3. The molecule has 0 amide bonds. The third-order valence-electron chi connectivity index (χ3n) is 3.34. The summed E-state index contributed by atoms with van der Waals surface area (Å²) in [4.78, 5) is 4.41. The number of nitrogens with zero attached hydrogens (tertiary/aromatic N) is 2. The molecule has 3 N–H and O–H groups in total. The summed E-state index contributed by atoms with van der Waals surface area (Å²) < 4.78 is 0.921. The van der Waals surface area contributed by atoms with E-state index in [4.69, 9.17) is 12.2 Å². The Morgan fingerprint density at radius 1 is 1.15 bits per heavy atom. The van der Waals surface area contributed by atoms with E-state index in [1.54, 1.807) is 11.8 Å². The predicted octanol–water partition coefficient (Wildman–Crippen LogP) is 1.57. The minimum Gasteiger partial charge on any atom is -0.504 e. The van der Waals surface area contributed by atoms with Crippen LogP contribution in [0.25, 0.3) is 0 Å². The average molecular weight is 314 g/mol. The van der Waals surface area contributed by atoms with Crippen molar-refractivity contribution in [3.63, 3.8) is 0 Å². The van der Waals surface area contributed by atoms with Crippen molar-refractivity contribution in [1.82, 2.24) is 9.80 Å². The van der Waals surface area contributed by atoms with Crippen molar-refractivity contribution < 1.29 is 15.3 Å². The monoisotopic (exact) mass is 314 g/mol. The van der Waals surface area contributed by atoms with Crippen molar-refractivity contribution in [2.24, 2.45) is 0 Å². The zero-order valence-electron chi connectivity index (χ0n) is 11.2. The van der Waals surface area contributed by atoms with Gasteiger partial charge >= 0.3 is 0 Å². The minimum atomic E-state index is -0.469. The molecule has 5 nitrogen and oxygen atoms in total. The van der Waals surface area contributed by atoms with Crippen LogP contribution in [-0.4, -0.2) is 61.9 Å². The quantitative estimate of drug-likeness (QED) is 0.565. The number of aromatic hydroxyl groups is 3. The molecule has 2 rings (SSSR count). The van der Waals surface area contributed by atoms with Gasteiger partial charge in [0.2, 0.25) is 0 Å². The average Bonchev–Trinajstić information content (AvgIpc) is 2.44. The largest absolute Gasteiger partial charge is 0.504 e. The third-order valence-corrected chi connectivity index (χ3v) is 4.71. The van der Waals surface area contributed by atoms with Crippen LogP contribution in [0.2, 0.25) is 0 Å². The molecule has 0 radical (unpaired) electrons. The lowest BCUT2D eigenvalue weighted by Crippen LogP contribution is -2.47. The highest BCUT2D eigenvalue weighted by Gasteiger charge is 2.19. The Balaban J connectivity index is 1.94. The van der Waals surface area contributed by atoms with Gasteiger partial charge in [-0.05, 0) is 24.0 Å². The van der Waals surface area contributed by atoms with Gasteiger partial charge in [-0.1, -0.05) is 12.2 Å². The Morgan fingerprint density at radius 3 is 2.20 bits per heavy atom. The van der Waals surface area contributed by atoms with Crippen molar-refractivity contribution in [1.29, 1.82) is 0 Å². The number of piperazine rings is 1. The van der Waals surface area contributed by atoms with Gasteiger partial charge in [-0.2, -0.15) is 0 Å². The van der Waals surface area contributed by atoms with E-state index in [1.807, 2.05) is 6.26 Å². The summed E-state index contributed by atoms with van der Waals surface area (Å²) in [5.74, 6) is -1.05. The smallest absolute Gasteiger partial charge is 0.200 e. The van der Waals surface area contributed by atoms with Crippen LogP contribution in [0.1, 0.15) is 5.56 Å². The maximum Gasteiger partial charge on any atom is 0.200 e. The highest BCUT2D eigenvalue weighted by atomic mass is 32.2. The van der Waals surface area contributed by atoms with Gasteiger partial charge in [0, 0.05) is 32.7 Å². The summed E-state index contributed by atoms with van der Waals surface area (Å²) in [5, 5.41) is 28.3. The fourth-order valence-corrected chi connectivity index (χ4v) is 2.85. The van der Waals surface area contributed by atoms with Crippen LogP contribution in [0.5, 0.6) is 17.2 Å². The second-order valence-electron chi connectivity index (χ2n) is 4.72. The third kappa shape index (κ3) is 3.47. The number of thioether (sulfide) groups is 1. The van der Waals surface area contributed by atoms with Crippen LogP contribution in [0.3, 0.4) is 0 Å². The molecule has 1 aromatic rings. The second-order valence-corrected chi connectivity index (χ2v) is 6.16. The van der Waals surface area contributed by atoms with E-state index in [0.29, 0.717) is 6.54 Å². The summed E-state index contributed by atoms with van der Waals surface area (Å²) in [6.45, 7) is 4.15. The van der Waals surface area contributed by atoms with Gasteiger partial charge in [-0.25, -0.2) is 0 Å². The molecule has 0 unspecified atom stereocenters. The first-order valence-corrected chi connectivity index (χ1v) is 7.93. The standard InChI is InChI=1S/C13H18N2O3S2/c1-20-13(19)15-4-2-14(3-5-15)8-9-6-10(16)12(18)11(17)7-9/h6-7,16-18H,2-5,8H2,1H3. The molecule has 7 heteroatoms. The van der Waals surface area contributed by atoms with Crippen LogP contribution in [0.15, 0.2) is 12.1 Å². The SMILES string of the molecule is CSC(=S)N1CCN(Cc2cc(O)c(O)c(O)c2)CC1. The minimum absolute atomic E-state index is 0.290. The van der Waals surface area contributed by atoms with Crippen molar-refractivity contribution in [3.8, 4) is 17.2 Å². The predicted molar refractivity (Wildman–Crippen MR) is 84.4 cm³/mol. The van der Waals surface area contributed by atoms with E-state index in [0.717, 1.165) is 36.1 Å². The molecule has 0 atom stereocenters. The number of hydrogen-bond donors (Lipinski definition) is 3. The normalized spacial score (nSPS) is 16.4. The van der Waals surface area contributed by atoms with Crippen LogP contribution in [-0.2, 0) is 6.54 Å². The van der Waals surface area contributed by atoms with Gasteiger partial charge in [0.05, 0.1) is 0 Å². The number of benzene rings is 1. The molecule has 1 heterocycles. The summed E-state index contributed by atoms with van der Waals surface area (Å²) in [7, 11) is 0. The lowest BCUT2D eigenvalue weighted by atomic mass is 10.1. The van der Waals surface area contributed by atoms with E-state index in [2.05, 4.69) is 9.80 Å². The van der Waals surface area contributed by atoms with Crippen LogP contribution in [0, 0.1) is 0 Å². The highest BCUT2D eigenvalue weighted by molar-refractivity contribution is 8.22. The van der Waals surface area contributed by atoms with Gasteiger partial charge in [0.15, 0.2) is 17.2 Å². The molecule has 0 aliphatic carbocycles. The van der Waals surface area contributed by atoms with Crippen molar-refractivity contribution in [3.05, 3.63) is 17.7 Å². The zero-order valence-corrected chi connectivity index (χ0v) is 12.9. The Bertz CT molecular complexity index is 479. The molecule has 1 aliphatic rings. The summed E-state index contributed by atoms with van der Waals surface area (Å²) >= 11 is 6.86. The van der Waals surface area contributed by atoms with E-state index in [1.165, 1.54) is 12.1 Å². The molecule has 1 saturated heterocycles. The van der Waals surface area contributed by atoms with Crippen molar-refractivity contribution in [2.75, 3.05) is 32.4 Å². The molecule has 1 aliphatic heterocycles. The summed E-state index contributed by atoms with van der Waals surface area (Å²) in [5.41, 5.74) is 0.777. The lowest BCUT2D eigenvalue weighted by Gasteiger charge is -2.35. The molecule has 110 valence electrons. The fourth-order valence-electron chi connectivity index (χ4n) is 2.23. The van der Waals surface area contributed by atoms with Crippen LogP contribution >= 0.6 is 24.0 Å². The molecule has 20 heavy (non-hydrogen) atoms. The topological polar surface area (TPSA) is 67.2 Å². The van der Waals surface area contributed by atoms with Crippen LogP contribution in [0.4, 0.5) is 0 Å². The number of phenols is 3. The molecular weight excluding hydrogens is 296 g/mol. The van der Waals surface area contributed by atoms with Crippen LogP contribution < -0.4 is 0 Å². The van der Waals surface area contributed by atoms with E-state index in [9.17, 15) is 15.3 Å². The van der Waals surface area contributed by atoms with E-state index in [-0.39, 0.29) is 11.5 Å². The summed E-state index contributed by atoms with van der Waals surface area (Å²) in [6, 6.07) is 2.96. The number of hydrogen-bond acceptors (Lipinski definition) is 6. The van der Waals surface area contributed by atoms with Gasteiger partial charge in [-0.15, -0.1) is 11.8 Å². The molecule has 0 spiro atoms. The lowest BCUT2D eigenvalue weighted by molar-refractivity contribution is 0.178. The van der Waals surface area contributed by atoms with Gasteiger partial charge in [-0.3, -0.25) is 4.90 Å². The first-order valence-electron chi connectivity index (χ1n) is 6.30. The van der Waals surface area contributed by atoms with Crippen molar-refractivity contribution in [2.45, 2.75) is 6.54 Å².